The molecule has 0 bridgehead atoms. The van der Waals surface area contributed by atoms with E-state index in [0.717, 1.165) is 19.4 Å². The van der Waals surface area contributed by atoms with Gasteiger partial charge in [-0.3, -0.25) is 4.79 Å². The van der Waals surface area contributed by atoms with E-state index >= 15 is 0 Å². The van der Waals surface area contributed by atoms with E-state index < -0.39 is 0 Å². The lowest BCUT2D eigenvalue weighted by molar-refractivity contribution is -0.123. The molecule has 1 fully saturated rings. The van der Waals surface area contributed by atoms with E-state index in [9.17, 15) is 4.79 Å². The molecule has 5 nitrogen and oxygen atoms in total. The Kier molecular flexibility index (Phi) is 4.41. The molecule has 0 unspecified atom stereocenters. The molecule has 1 aliphatic rings. The van der Waals surface area contributed by atoms with Crippen LogP contribution in [0.1, 0.15) is 12.8 Å². The number of benzene rings is 1. The number of hydrogen-bond donors (Lipinski definition) is 2. The number of anilines is 1. The average Bonchev–Trinajstić information content (AvgIpc) is 2.87. The number of ether oxygens (including phenoxy) is 2. The smallest absolute Gasteiger partial charge is 0.258 e. The molecule has 1 aromatic carbocycles. The minimum absolute atomic E-state index is 0.00380. The van der Waals surface area contributed by atoms with E-state index in [1.807, 2.05) is 0 Å². The van der Waals surface area contributed by atoms with Gasteiger partial charge in [0.25, 0.3) is 5.91 Å². The third-order valence-corrected chi connectivity index (χ3v) is 2.78. The van der Waals surface area contributed by atoms with E-state index in [2.05, 4.69) is 5.32 Å². The van der Waals surface area contributed by atoms with Gasteiger partial charge in [0.15, 0.2) is 6.61 Å². The molecule has 1 aromatic rings. The first-order valence-electron chi connectivity index (χ1n) is 6.10. The summed E-state index contributed by atoms with van der Waals surface area (Å²) in [6.45, 7) is 1.34. The van der Waals surface area contributed by atoms with Gasteiger partial charge in [0, 0.05) is 24.9 Å². The van der Waals surface area contributed by atoms with Gasteiger partial charge in [0.05, 0.1) is 6.10 Å². The summed E-state index contributed by atoms with van der Waals surface area (Å²) in [6.07, 6.45) is 2.23. The molecule has 98 valence electrons. The van der Waals surface area contributed by atoms with Crippen LogP contribution in [0.2, 0.25) is 0 Å². The fourth-order valence-corrected chi connectivity index (χ4v) is 1.84. The molecule has 0 spiro atoms. The summed E-state index contributed by atoms with van der Waals surface area (Å²) in [5.41, 5.74) is 6.23. The third kappa shape index (κ3) is 3.92. The van der Waals surface area contributed by atoms with Crippen LogP contribution >= 0.6 is 0 Å². The molecular weight excluding hydrogens is 232 g/mol. The predicted octanol–water partition coefficient (Wildman–Crippen LogP) is 0.943. The molecule has 1 amide bonds. The molecule has 18 heavy (non-hydrogen) atoms. The highest BCUT2D eigenvalue weighted by atomic mass is 16.5. The number of rotatable bonds is 5. The number of hydrogen-bond acceptors (Lipinski definition) is 4. The van der Waals surface area contributed by atoms with Crippen LogP contribution in [0.25, 0.3) is 0 Å². The van der Waals surface area contributed by atoms with Crippen LogP contribution in [-0.4, -0.2) is 31.8 Å². The van der Waals surface area contributed by atoms with E-state index in [-0.39, 0.29) is 18.6 Å². The molecule has 1 aliphatic heterocycles. The van der Waals surface area contributed by atoms with Crippen LogP contribution < -0.4 is 15.8 Å². The molecule has 0 aliphatic carbocycles. The monoisotopic (exact) mass is 250 g/mol. The molecule has 0 saturated carbocycles. The fraction of sp³-hybridized carbons (Fsp3) is 0.462. The number of carbonyl (C=O) groups excluding carboxylic acids is 1. The van der Waals surface area contributed by atoms with Crippen molar-refractivity contribution in [2.24, 2.45) is 0 Å². The molecular formula is C13H18N2O3. The van der Waals surface area contributed by atoms with E-state index in [1.54, 1.807) is 24.3 Å². The van der Waals surface area contributed by atoms with Crippen molar-refractivity contribution in [2.75, 3.05) is 25.5 Å². The summed E-state index contributed by atoms with van der Waals surface area (Å²) >= 11 is 0. The predicted molar refractivity (Wildman–Crippen MR) is 68.3 cm³/mol. The molecule has 1 atom stereocenters. The van der Waals surface area contributed by atoms with E-state index in [4.69, 9.17) is 15.2 Å². The van der Waals surface area contributed by atoms with Crippen molar-refractivity contribution in [3.05, 3.63) is 24.3 Å². The topological polar surface area (TPSA) is 73.6 Å². The van der Waals surface area contributed by atoms with Crippen LogP contribution in [0.5, 0.6) is 5.75 Å². The van der Waals surface area contributed by atoms with Crippen molar-refractivity contribution >= 4 is 11.6 Å². The number of amides is 1. The molecule has 0 aromatic heterocycles. The molecule has 5 heteroatoms. The maximum absolute atomic E-state index is 11.5. The maximum Gasteiger partial charge on any atom is 0.258 e. The van der Waals surface area contributed by atoms with Gasteiger partial charge < -0.3 is 20.5 Å². The second-order valence-electron chi connectivity index (χ2n) is 4.30. The zero-order chi connectivity index (χ0) is 12.8. The minimum Gasteiger partial charge on any atom is -0.484 e. The van der Waals surface area contributed by atoms with Crippen molar-refractivity contribution in [2.45, 2.75) is 18.9 Å². The van der Waals surface area contributed by atoms with Crippen molar-refractivity contribution in [1.29, 1.82) is 0 Å². The number of nitrogen functional groups attached to an aromatic ring is 1. The van der Waals surface area contributed by atoms with Crippen LogP contribution in [0.3, 0.4) is 0 Å². The highest BCUT2D eigenvalue weighted by molar-refractivity contribution is 5.77. The zero-order valence-electron chi connectivity index (χ0n) is 10.2. The minimum atomic E-state index is -0.145. The third-order valence-electron chi connectivity index (χ3n) is 2.78. The summed E-state index contributed by atoms with van der Waals surface area (Å²) < 4.78 is 10.7. The Balaban J connectivity index is 1.68. The SMILES string of the molecule is Nc1cccc(OCC(=O)NC[C@H]2CCCO2)c1. The molecule has 2 rings (SSSR count). The Hall–Kier alpha value is -1.75. The zero-order valence-corrected chi connectivity index (χ0v) is 10.2. The van der Waals surface area contributed by atoms with Crippen molar-refractivity contribution < 1.29 is 14.3 Å². The average molecular weight is 250 g/mol. The summed E-state index contributed by atoms with van der Waals surface area (Å²) in [5, 5.41) is 2.79. The molecule has 1 saturated heterocycles. The van der Waals surface area contributed by atoms with Gasteiger partial charge in [0.1, 0.15) is 5.75 Å². The van der Waals surface area contributed by atoms with E-state index in [0.29, 0.717) is 18.0 Å². The molecule has 1 heterocycles. The highest BCUT2D eigenvalue weighted by Crippen LogP contribution is 2.14. The number of nitrogens with two attached hydrogens (primary N) is 1. The van der Waals surface area contributed by atoms with Gasteiger partial charge >= 0.3 is 0 Å². The Morgan fingerprint density at radius 3 is 3.17 bits per heavy atom. The van der Waals surface area contributed by atoms with Crippen LogP contribution in [0.15, 0.2) is 24.3 Å². The molecule has 0 radical (unpaired) electrons. The van der Waals surface area contributed by atoms with Crippen LogP contribution in [-0.2, 0) is 9.53 Å². The lowest BCUT2D eigenvalue weighted by Crippen LogP contribution is -2.35. The quantitative estimate of drug-likeness (QED) is 0.763. The van der Waals surface area contributed by atoms with Gasteiger partial charge in [-0.15, -0.1) is 0 Å². The summed E-state index contributed by atoms with van der Waals surface area (Å²) in [5.74, 6) is 0.454. The Morgan fingerprint density at radius 1 is 1.56 bits per heavy atom. The Labute approximate surface area is 106 Å². The Morgan fingerprint density at radius 2 is 2.44 bits per heavy atom. The van der Waals surface area contributed by atoms with Crippen molar-refractivity contribution in [3.8, 4) is 5.75 Å². The summed E-state index contributed by atoms with van der Waals surface area (Å²) in [7, 11) is 0. The molecule has 3 N–H and O–H groups in total. The summed E-state index contributed by atoms with van der Waals surface area (Å²) in [4.78, 5) is 11.5. The van der Waals surface area contributed by atoms with Gasteiger partial charge in [-0.05, 0) is 25.0 Å². The van der Waals surface area contributed by atoms with Crippen LogP contribution in [0, 0.1) is 0 Å². The first kappa shape index (κ1) is 12.7. The number of nitrogens with one attached hydrogen (secondary N) is 1. The fourth-order valence-electron chi connectivity index (χ4n) is 1.84. The van der Waals surface area contributed by atoms with E-state index in [1.165, 1.54) is 0 Å². The first-order chi connectivity index (χ1) is 8.74. The normalized spacial score (nSPS) is 18.6. The lowest BCUT2D eigenvalue weighted by Gasteiger charge is -2.11. The largest absolute Gasteiger partial charge is 0.484 e. The second kappa shape index (κ2) is 6.26. The van der Waals surface area contributed by atoms with Gasteiger partial charge in [0.2, 0.25) is 0 Å². The first-order valence-corrected chi connectivity index (χ1v) is 6.10. The van der Waals surface area contributed by atoms with Crippen LogP contribution in [0.4, 0.5) is 5.69 Å². The standard InChI is InChI=1S/C13H18N2O3/c14-10-3-1-4-11(7-10)18-9-13(16)15-8-12-5-2-6-17-12/h1,3-4,7,12H,2,5-6,8-9,14H2,(H,15,16)/t12-/m1/s1. The second-order valence-corrected chi connectivity index (χ2v) is 4.30. The Bertz CT molecular complexity index is 403. The van der Waals surface area contributed by atoms with Crippen molar-refractivity contribution in [3.63, 3.8) is 0 Å². The highest BCUT2D eigenvalue weighted by Gasteiger charge is 2.16. The summed E-state index contributed by atoms with van der Waals surface area (Å²) in [6, 6.07) is 7.01. The van der Waals surface area contributed by atoms with Gasteiger partial charge in [-0.25, -0.2) is 0 Å². The van der Waals surface area contributed by atoms with Gasteiger partial charge in [-0.1, -0.05) is 6.07 Å². The lowest BCUT2D eigenvalue weighted by atomic mass is 10.2. The van der Waals surface area contributed by atoms with Gasteiger partial charge in [-0.2, -0.15) is 0 Å². The van der Waals surface area contributed by atoms with Crippen molar-refractivity contribution in [1.82, 2.24) is 5.32 Å². The maximum atomic E-state index is 11.5. The number of carbonyl (C=O) groups is 1.